The summed E-state index contributed by atoms with van der Waals surface area (Å²) in [6, 6.07) is 6.92. The van der Waals surface area contributed by atoms with Gasteiger partial charge in [-0.25, -0.2) is 0 Å². The van der Waals surface area contributed by atoms with Crippen molar-refractivity contribution >= 4 is 22.8 Å². The Kier molecular flexibility index (Phi) is 6.01. The van der Waals surface area contributed by atoms with E-state index in [9.17, 15) is 27.6 Å². The van der Waals surface area contributed by atoms with Gasteiger partial charge in [-0.1, -0.05) is 12.1 Å². The van der Waals surface area contributed by atoms with E-state index in [0.717, 1.165) is 6.07 Å². The van der Waals surface area contributed by atoms with E-state index in [1.165, 1.54) is 6.92 Å². The number of benzene rings is 1. The van der Waals surface area contributed by atoms with Gasteiger partial charge >= 0.3 is 6.18 Å². The molecule has 1 aromatic heterocycles. The largest absolute Gasteiger partial charge is 0.451 e. The summed E-state index contributed by atoms with van der Waals surface area (Å²) in [7, 11) is 0. The zero-order chi connectivity index (χ0) is 19.3. The number of nitrogens with one attached hydrogen (secondary N) is 2. The number of alkyl halides is 3. The molecule has 2 N–H and O–H groups in total. The highest BCUT2D eigenvalue weighted by atomic mass is 19.4. The molecule has 9 heteroatoms. The second kappa shape index (κ2) is 8.03. The molecule has 0 aliphatic carbocycles. The van der Waals surface area contributed by atoms with Crippen LogP contribution in [0.25, 0.3) is 11.0 Å². The van der Waals surface area contributed by atoms with Gasteiger partial charge in [0.25, 0.3) is 5.91 Å². The van der Waals surface area contributed by atoms with E-state index in [1.54, 1.807) is 24.3 Å². The maximum absolute atomic E-state index is 12.1. The van der Waals surface area contributed by atoms with Crippen molar-refractivity contribution in [1.82, 2.24) is 10.6 Å². The zero-order valence-corrected chi connectivity index (χ0v) is 13.9. The summed E-state index contributed by atoms with van der Waals surface area (Å²) in [6.45, 7) is 1.50. The number of carbonyl (C=O) groups excluding carboxylic acids is 2. The van der Waals surface area contributed by atoms with E-state index in [0.29, 0.717) is 5.39 Å². The predicted molar refractivity (Wildman–Crippen MR) is 87.7 cm³/mol. The predicted octanol–water partition coefficient (Wildman–Crippen LogP) is 2.37. The molecule has 0 unspecified atom stereocenters. The lowest BCUT2D eigenvalue weighted by Crippen LogP contribution is -2.42. The minimum absolute atomic E-state index is 0.0346. The first-order chi connectivity index (χ1) is 12.2. The Morgan fingerprint density at radius 1 is 1.23 bits per heavy atom. The zero-order valence-electron chi connectivity index (χ0n) is 13.9. The first-order valence-corrected chi connectivity index (χ1v) is 7.83. The Morgan fingerprint density at radius 2 is 1.92 bits per heavy atom. The number of halogens is 3. The third-order valence-corrected chi connectivity index (χ3v) is 3.47. The lowest BCUT2D eigenvalue weighted by molar-refractivity contribution is -0.144. The van der Waals surface area contributed by atoms with Crippen LogP contribution >= 0.6 is 0 Å². The molecule has 0 spiro atoms. The molecule has 0 saturated carbocycles. The van der Waals surface area contributed by atoms with Gasteiger partial charge in [0.15, 0.2) is 11.2 Å². The fourth-order valence-corrected chi connectivity index (χ4v) is 2.20. The van der Waals surface area contributed by atoms with Crippen LogP contribution in [-0.2, 0) is 4.79 Å². The Morgan fingerprint density at radius 3 is 2.62 bits per heavy atom. The third-order valence-electron chi connectivity index (χ3n) is 3.47. The molecule has 2 amide bonds. The van der Waals surface area contributed by atoms with Crippen LogP contribution in [0.4, 0.5) is 13.2 Å². The number of hydrogen-bond donors (Lipinski definition) is 2. The Labute approximate surface area is 146 Å². The van der Waals surface area contributed by atoms with Gasteiger partial charge in [-0.2, -0.15) is 13.2 Å². The molecule has 0 bridgehead atoms. The van der Waals surface area contributed by atoms with Gasteiger partial charge in [-0.3, -0.25) is 14.4 Å². The van der Waals surface area contributed by atoms with Gasteiger partial charge < -0.3 is 15.1 Å². The van der Waals surface area contributed by atoms with Crippen LogP contribution in [0, 0.1) is 0 Å². The topological polar surface area (TPSA) is 88.4 Å². The number of carbonyl (C=O) groups is 2. The molecule has 6 nitrogen and oxygen atoms in total. The molecular formula is C17H17F3N2O4. The molecule has 0 saturated heterocycles. The SMILES string of the molecule is C[C@@H](CNC(=O)c1cc(=O)c2ccccc2o1)NC(=O)CCC(F)(F)F. The molecule has 140 valence electrons. The average molecular weight is 370 g/mol. The molecule has 0 fully saturated rings. The smallest absolute Gasteiger partial charge is 0.389 e. The normalized spacial score (nSPS) is 12.6. The van der Waals surface area contributed by atoms with Crippen LogP contribution in [0.5, 0.6) is 0 Å². The highest BCUT2D eigenvalue weighted by Gasteiger charge is 2.28. The summed E-state index contributed by atoms with van der Waals surface area (Å²) >= 11 is 0. The van der Waals surface area contributed by atoms with Crippen molar-refractivity contribution in [3.63, 3.8) is 0 Å². The Bertz CT molecular complexity index is 861. The van der Waals surface area contributed by atoms with Gasteiger partial charge in [-0.15, -0.1) is 0 Å². The van der Waals surface area contributed by atoms with E-state index < -0.39 is 36.9 Å². The summed E-state index contributed by atoms with van der Waals surface area (Å²) in [4.78, 5) is 35.5. The summed E-state index contributed by atoms with van der Waals surface area (Å²) in [5.74, 6) is -1.62. The molecule has 1 atom stereocenters. The molecule has 26 heavy (non-hydrogen) atoms. The maximum atomic E-state index is 12.1. The van der Waals surface area contributed by atoms with Crippen LogP contribution < -0.4 is 16.1 Å². The van der Waals surface area contributed by atoms with Crippen LogP contribution in [0.3, 0.4) is 0 Å². The highest BCUT2D eigenvalue weighted by Crippen LogP contribution is 2.21. The van der Waals surface area contributed by atoms with Gasteiger partial charge in [0.05, 0.1) is 11.8 Å². The van der Waals surface area contributed by atoms with Crippen molar-refractivity contribution in [1.29, 1.82) is 0 Å². The number of hydrogen-bond acceptors (Lipinski definition) is 4. The van der Waals surface area contributed by atoms with Gasteiger partial charge in [0.1, 0.15) is 5.58 Å². The van der Waals surface area contributed by atoms with Gasteiger partial charge in [0.2, 0.25) is 5.91 Å². The second-order valence-electron chi connectivity index (χ2n) is 5.76. The number of fused-ring (bicyclic) bond motifs is 1. The highest BCUT2D eigenvalue weighted by molar-refractivity contribution is 5.93. The van der Waals surface area contributed by atoms with E-state index in [-0.39, 0.29) is 23.3 Å². The standard InChI is InChI=1S/C17H17F3N2O4/c1-10(22-15(24)6-7-17(18,19)20)9-21-16(25)14-8-12(23)11-4-2-3-5-13(11)26-14/h2-5,8,10H,6-7,9H2,1H3,(H,21,25)(H,22,24)/t10-/m0/s1. The molecule has 0 radical (unpaired) electrons. The fourth-order valence-electron chi connectivity index (χ4n) is 2.20. The summed E-state index contributed by atoms with van der Waals surface area (Å²) in [5, 5.41) is 5.16. The summed E-state index contributed by atoms with van der Waals surface area (Å²) in [5.41, 5.74) is -0.107. The molecule has 0 aliphatic heterocycles. The molecule has 0 aliphatic rings. The molecule has 1 aromatic carbocycles. The molecule has 2 rings (SSSR count). The fraction of sp³-hybridized carbons (Fsp3) is 0.353. The van der Waals surface area contributed by atoms with Crippen LogP contribution in [0.15, 0.2) is 39.5 Å². The van der Waals surface area contributed by atoms with Crippen LogP contribution in [-0.4, -0.2) is 30.6 Å². The quantitative estimate of drug-likeness (QED) is 0.817. The number of amides is 2. The molecule has 1 heterocycles. The van der Waals surface area contributed by atoms with Crippen LogP contribution in [0.1, 0.15) is 30.3 Å². The Hall–Kier alpha value is -2.84. The third kappa shape index (κ3) is 5.61. The van der Waals surface area contributed by atoms with Crippen molar-refractivity contribution in [2.75, 3.05) is 6.54 Å². The first kappa shape index (κ1) is 19.5. The lowest BCUT2D eigenvalue weighted by Gasteiger charge is -2.15. The number of rotatable bonds is 6. The maximum Gasteiger partial charge on any atom is 0.389 e. The van der Waals surface area contributed by atoms with Crippen molar-refractivity contribution in [3.05, 3.63) is 46.3 Å². The minimum atomic E-state index is -4.40. The van der Waals surface area contributed by atoms with Crippen molar-refractivity contribution in [3.8, 4) is 0 Å². The second-order valence-corrected chi connectivity index (χ2v) is 5.76. The molecule has 2 aromatic rings. The summed E-state index contributed by atoms with van der Waals surface area (Å²) < 4.78 is 41.6. The van der Waals surface area contributed by atoms with Crippen LogP contribution in [0.2, 0.25) is 0 Å². The monoisotopic (exact) mass is 370 g/mol. The van der Waals surface area contributed by atoms with Crippen molar-refractivity contribution in [2.45, 2.75) is 32.0 Å². The first-order valence-electron chi connectivity index (χ1n) is 7.83. The minimum Gasteiger partial charge on any atom is -0.451 e. The Balaban J connectivity index is 1.90. The summed E-state index contributed by atoms with van der Waals surface area (Å²) in [6.07, 6.45) is -6.29. The van der Waals surface area contributed by atoms with E-state index in [2.05, 4.69) is 10.6 Å². The van der Waals surface area contributed by atoms with E-state index in [4.69, 9.17) is 4.42 Å². The molecular weight excluding hydrogens is 353 g/mol. The van der Waals surface area contributed by atoms with E-state index in [1.807, 2.05) is 0 Å². The van der Waals surface area contributed by atoms with Gasteiger partial charge in [-0.05, 0) is 19.1 Å². The van der Waals surface area contributed by atoms with Gasteiger partial charge in [0, 0.05) is 25.1 Å². The lowest BCUT2D eigenvalue weighted by atomic mass is 10.2. The van der Waals surface area contributed by atoms with Crippen molar-refractivity contribution in [2.24, 2.45) is 0 Å². The number of para-hydroxylation sites is 1. The van der Waals surface area contributed by atoms with E-state index >= 15 is 0 Å². The average Bonchev–Trinajstić information content (AvgIpc) is 2.57. The van der Waals surface area contributed by atoms with Crippen molar-refractivity contribution < 1.29 is 27.2 Å².